The average Bonchev–Trinajstić information content (AvgIpc) is 2.17. The zero-order valence-corrected chi connectivity index (χ0v) is 8.02. The van der Waals surface area contributed by atoms with Crippen LogP contribution in [0.3, 0.4) is 0 Å². The first-order valence-electron chi connectivity index (χ1n) is 4.01. The Hall–Kier alpha value is -1.62. The highest BCUT2D eigenvalue weighted by Crippen LogP contribution is 2.18. The van der Waals surface area contributed by atoms with Crippen molar-refractivity contribution in [1.82, 2.24) is 4.98 Å². The number of hydrogen-bond acceptors (Lipinski definition) is 4. The molecule has 0 aliphatic rings. The summed E-state index contributed by atoms with van der Waals surface area (Å²) >= 11 is 0. The molecule has 0 aliphatic carbocycles. The Balaban J connectivity index is 3.02. The fourth-order valence-corrected chi connectivity index (χ4v) is 0.932. The normalized spacial score (nSPS) is 14.5. The maximum absolute atomic E-state index is 10.8. The van der Waals surface area contributed by atoms with Crippen molar-refractivity contribution in [1.29, 1.82) is 0 Å². The summed E-state index contributed by atoms with van der Waals surface area (Å²) in [6.45, 7) is 1.42. The number of hydrogen-bond donors (Lipinski definition) is 2. The topological polar surface area (TPSA) is 85.4 Å². The number of carboxylic acids is 1. The van der Waals surface area contributed by atoms with E-state index in [4.69, 9.17) is 15.6 Å². The highest BCUT2D eigenvalue weighted by Gasteiger charge is 2.30. The Bertz CT molecular complexity index is 332. The van der Waals surface area contributed by atoms with Gasteiger partial charge in [0.15, 0.2) is 0 Å². The summed E-state index contributed by atoms with van der Waals surface area (Å²) in [7, 11) is 1.49. The minimum atomic E-state index is -1.42. The first-order chi connectivity index (χ1) is 6.48. The third kappa shape index (κ3) is 1.82. The van der Waals surface area contributed by atoms with Crippen LogP contribution in [0.25, 0.3) is 0 Å². The minimum Gasteiger partial charge on any atom is -0.481 e. The summed E-state index contributed by atoms with van der Waals surface area (Å²) in [5, 5.41) is 8.84. The van der Waals surface area contributed by atoms with E-state index >= 15 is 0 Å². The molecule has 76 valence electrons. The molecule has 5 nitrogen and oxygen atoms in total. The lowest BCUT2D eigenvalue weighted by molar-refractivity contribution is -0.143. The van der Waals surface area contributed by atoms with Crippen molar-refractivity contribution in [3.63, 3.8) is 0 Å². The molecule has 1 aromatic rings. The smallest absolute Gasteiger partial charge is 0.328 e. The summed E-state index contributed by atoms with van der Waals surface area (Å²) in [6.07, 6.45) is 1.40. The number of carbonyl (C=O) groups is 1. The van der Waals surface area contributed by atoms with Crippen molar-refractivity contribution in [2.45, 2.75) is 12.5 Å². The summed E-state index contributed by atoms with van der Waals surface area (Å²) in [5.74, 6) is -0.667. The zero-order valence-electron chi connectivity index (χ0n) is 8.02. The van der Waals surface area contributed by atoms with Crippen LogP contribution in [0.1, 0.15) is 12.5 Å². The second-order valence-corrected chi connectivity index (χ2v) is 3.10. The van der Waals surface area contributed by atoms with Gasteiger partial charge in [0.25, 0.3) is 0 Å². The molecule has 14 heavy (non-hydrogen) atoms. The Morgan fingerprint density at radius 3 is 2.64 bits per heavy atom. The molecular weight excluding hydrogens is 184 g/mol. The largest absolute Gasteiger partial charge is 0.481 e. The van der Waals surface area contributed by atoms with Crippen molar-refractivity contribution in [2.75, 3.05) is 7.11 Å². The Morgan fingerprint density at radius 2 is 2.29 bits per heavy atom. The number of aliphatic carboxylic acids is 1. The number of ether oxygens (including phenoxy) is 1. The van der Waals surface area contributed by atoms with E-state index in [2.05, 4.69) is 4.98 Å². The maximum atomic E-state index is 10.8. The molecule has 1 heterocycles. The molecular formula is C9H12N2O3. The first kappa shape index (κ1) is 10.5. The Labute approximate surface area is 81.5 Å². The van der Waals surface area contributed by atoms with E-state index in [-0.39, 0.29) is 0 Å². The molecule has 1 atom stereocenters. The van der Waals surface area contributed by atoms with Crippen molar-refractivity contribution in [2.24, 2.45) is 5.73 Å². The van der Waals surface area contributed by atoms with Gasteiger partial charge in [0.1, 0.15) is 5.54 Å². The fraction of sp³-hybridized carbons (Fsp3) is 0.333. The molecule has 0 spiro atoms. The quantitative estimate of drug-likeness (QED) is 0.728. The molecule has 0 fully saturated rings. The van der Waals surface area contributed by atoms with E-state index in [0.717, 1.165) is 0 Å². The van der Waals surface area contributed by atoms with Crippen molar-refractivity contribution in [3.05, 3.63) is 23.9 Å². The molecule has 1 rings (SSSR count). The SMILES string of the molecule is COc1ccc(C(C)(N)C(=O)O)cn1. The Kier molecular flexibility index (Phi) is 2.71. The van der Waals surface area contributed by atoms with Crippen molar-refractivity contribution >= 4 is 5.97 Å². The van der Waals surface area contributed by atoms with Gasteiger partial charge in [-0.05, 0) is 13.0 Å². The number of carboxylic acid groups (broad SMARTS) is 1. The summed E-state index contributed by atoms with van der Waals surface area (Å²) in [6, 6.07) is 3.16. The number of rotatable bonds is 3. The van der Waals surface area contributed by atoms with Gasteiger partial charge < -0.3 is 15.6 Å². The van der Waals surface area contributed by atoms with Crippen LogP contribution in [0.4, 0.5) is 0 Å². The molecule has 0 saturated carbocycles. The molecule has 1 unspecified atom stereocenters. The van der Waals surface area contributed by atoms with Crippen LogP contribution >= 0.6 is 0 Å². The number of aromatic nitrogens is 1. The van der Waals surface area contributed by atoms with Crippen LogP contribution in [0, 0.1) is 0 Å². The van der Waals surface area contributed by atoms with Crippen LogP contribution in [0.15, 0.2) is 18.3 Å². The number of nitrogens with zero attached hydrogens (tertiary/aromatic N) is 1. The summed E-state index contributed by atoms with van der Waals surface area (Å²) in [5.41, 5.74) is 4.61. The van der Waals surface area contributed by atoms with Crippen LogP contribution in [-0.2, 0) is 10.3 Å². The van der Waals surface area contributed by atoms with Gasteiger partial charge in [-0.1, -0.05) is 0 Å². The number of pyridine rings is 1. The lowest BCUT2D eigenvalue weighted by atomic mass is 9.95. The fourth-order valence-electron chi connectivity index (χ4n) is 0.932. The van der Waals surface area contributed by atoms with E-state index in [1.54, 1.807) is 12.1 Å². The molecule has 0 saturated heterocycles. The van der Waals surface area contributed by atoms with Crippen LogP contribution < -0.4 is 10.5 Å². The van der Waals surface area contributed by atoms with Crippen molar-refractivity contribution < 1.29 is 14.6 Å². The Morgan fingerprint density at radius 1 is 1.64 bits per heavy atom. The maximum Gasteiger partial charge on any atom is 0.328 e. The molecule has 1 aromatic heterocycles. The van der Waals surface area contributed by atoms with Gasteiger partial charge in [-0.3, -0.25) is 0 Å². The average molecular weight is 196 g/mol. The van der Waals surface area contributed by atoms with Gasteiger partial charge in [0.2, 0.25) is 5.88 Å². The molecule has 3 N–H and O–H groups in total. The summed E-state index contributed by atoms with van der Waals surface area (Å²) in [4.78, 5) is 14.7. The van der Waals surface area contributed by atoms with Crippen molar-refractivity contribution in [3.8, 4) is 5.88 Å². The van der Waals surface area contributed by atoms with Gasteiger partial charge in [-0.15, -0.1) is 0 Å². The van der Waals surface area contributed by atoms with Gasteiger partial charge in [0, 0.05) is 17.8 Å². The van der Waals surface area contributed by atoms with Crippen LogP contribution in [-0.4, -0.2) is 23.2 Å². The minimum absolute atomic E-state index is 0.426. The predicted octanol–water partition coefficient (Wildman–Crippen LogP) is 0.349. The van der Waals surface area contributed by atoms with Gasteiger partial charge in [0.05, 0.1) is 7.11 Å². The van der Waals surface area contributed by atoms with E-state index in [0.29, 0.717) is 11.4 Å². The first-order valence-corrected chi connectivity index (χ1v) is 4.01. The molecule has 0 aromatic carbocycles. The highest BCUT2D eigenvalue weighted by molar-refractivity contribution is 5.79. The van der Waals surface area contributed by atoms with Gasteiger partial charge >= 0.3 is 5.97 Å². The zero-order chi connectivity index (χ0) is 10.8. The molecule has 0 bridgehead atoms. The second-order valence-electron chi connectivity index (χ2n) is 3.10. The number of methoxy groups -OCH3 is 1. The second kappa shape index (κ2) is 3.63. The lowest BCUT2D eigenvalue weighted by Gasteiger charge is -2.18. The van der Waals surface area contributed by atoms with Gasteiger partial charge in [-0.2, -0.15) is 0 Å². The third-order valence-corrected chi connectivity index (χ3v) is 1.99. The molecule has 0 amide bonds. The standard InChI is InChI=1S/C9H12N2O3/c1-9(10,8(12)13)6-3-4-7(14-2)11-5-6/h3-5H,10H2,1-2H3,(H,12,13). The highest BCUT2D eigenvalue weighted by atomic mass is 16.5. The number of nitrogens with two attached hydrogens (primary N) is 1. The lowest BCUT2D eigenvalue weighted by Crippen LogP contribution is -2.41. The predicted molar refractivity (Wildman–Crippen MR) is 50.0 cm³/mol. The van der Waals surface area contributed by atoms with E-state index in [1.807, 2.05) is 0 Å². The monoisotopic (exact) mass is 196 g/mol. The van der Waals surface area contributed by atoms with E-state index < -0.39 is 11.5 Å². The third-order valence-electron chi connectivity index (χ3n) is 1.99. The van der Waals surface area contributed by atoms with Crippen LogP contribution in [0.5, 0.6) is 5.88 Å². The summed E-state index contributed by atoms with van der Waals surface area (Å²) < 4.78 is 4.84. The molecule has 0 radical (unpaired) electrons. The molecule has 0 aliphatic heterocycles. The van der Waals surface area contributed by atoms with Crippen LogP contribution in [0.2, 0.25) is 0 Å². The van der Waals surface area contributed by atoms with Gasteiger partial charge in [-0.25, -0.2) is 9.78 Å². The molecule has 5 heteroatoms. The van der Waals surface area contributed by atoms with E-state index in [1.165, 1.54) is 20.2 Å². The van der Waals surface area contributed by atoms with E-state index in [9.17, 15) is 4.79 Å².